The van der Waals surface area contributed by atoms with Crippen molar-refractivity contribution in [3.05, 3.63) is 0 Å². The fourth-order valence-corrected chi connectivity index (χ4v) is 0. The van der Waals surface area contributed by atoms with Gasteiger partial charge in [-0.2, -0.15) is 0 Å². The lowest BCUT2D eigenvalue weighted by atomic mass is 10.8. The van der Waals surface area contributed by atoms with Gasteiger partial charge in [-0.3, -0.25) is 0 Å². The number of halogens is 1. The Balaban J connectivity index is 0. The third-order valence-corrected chi connectivity index (χ3v) is 0.1000. The lowest BCUT2D eigenvalue weighted by molar-refractivity contribution is 0.186. The summed E-state index contributed by atoms with van der Waals surface area (Å²) in [6.07, 6.45) is 1.47. The van der Waals surface area contributed by atoms with E-state index in [-0.39, 0.29) is 13.2 Å². The SMILES string of the molecule is CCl.OCCO. The molecule has 0 aliphatic rings. The quantitative estimate of drug-likeness (QED) is 0.463. The molecule has 0 heterocycles. The van der Waals surface area contributed by atoms with Gasteiger partial charge >= 0.3 is 0 Å². The second-order valence-electron chi connectivity index (χ2n) is 0.447. The van der Waals surface area contributed by atoms with Crippen molar-refractivity contribution in [2.75, 3.05) is 19.6 Å². The summed E-state index contributed by atoms with van der Waals surface area (Å²) < 4.78 is 0. The van der Waals surface area contributed by atoms with Gasteiger partial charge in [-0.1, -0.05) is 0 Å². The second kappa shape index (κ2) is 18.9. The van der Waals surface area contributed by atoms with E-state index in [1.807, 2.05) is 0 Å². The van der Waals surface area contributed by atoms with E-state index in [1.165, 1.54) is 6.38 Å². The van der Waals surface area contributed by atoms with Crippen LogP contribution in [0.2, 0.25) is 0 Å². The number of alkyl halides is 1. The highest BCUT2D eigenvalue weighted by Gasteiger charge is 1.58. The molecule has 0 aliphatic heterocycles. The molecule has 2 N–H and O–H groups in total. The third kappa shape index (κ3) is 29.6. The van der Waals surface area contributed by atoms with Crippen molar-refractivity contribution in [3.8, 4) is 0 Å². The summed E-state index contributed by atoms with van der Waals surface area (Å²) in [6, 6.07) is 0. The van der Waals surface area contributed by atoms with Crippen molar-refractivity contribution in [1.82, 2.24) is 0 Å². The van der Waals surface area contributed by atoms with E-state index in [9.17, 15) is 0 Å². The van der Waals surface area contributed by atoms with Crippen LogP contribution in [0.5, 0.6) is 0 Å². The van der Waals surface area contributed by atoms with Gasteiger partial charge in [0.05, 0.1) is 13.2 Å². The molecule has 0 aromatic heterocycles. The van der Waals surface area contributed by atoms with Crippen LogP contribution in [0.3, 0.4) is 0 Å². The molecule has 0 rings (SSSR count). The van der Waals surface area contributed by atoms with Crippen LogP contribution in [0.25, 0.3) is 0 Å². The number of aliphatic hydroxyl groups excluding tert-OH is 2. The molecule has 0 saturated carbocycles. The fraction of sp³-hybridized carbons (Fsp3) is 1.00. The number of rotatable bonds is 1. The molecule has 0 aromatic rings. The molecule has 0 saturated heterocycles. The summed E-state index contributed by atoms with van der Waals surface area (Å²) in [5, 5.41) is 15.2. The maximum absolute atomic E-state index is 7.62. The van der Waals surface area contributed by atoms with Crippen molar-refractivity contribution in [1.29, 1.82) is 0 Å². The predicted molar refractivity (Wildman–Crippen MR) is 25.9 cm³/mol. The molecule has 0 aliphatic carbocycles. The van der Waals surface area contributed by atoms with E-state index in [2.05, 4.69) is 11.6 Å². The maximum atomic E-state index is 7.62. The summed E-state index contributed by atoms with van der Waals surface area (Å²) in [5.74, 6) is 0. The molecule has 0 amide bonds. The molecule has 0 unspecified atom stereocenters. The predicted octanol–water partition coefficient (Wildman–Crippen LogP) is -0.174. The number of aliphatic hydroxyl groups is 2. The van der Waals surface area contributed by atoms with Crippen LogP contribution >= 0.6 is 11.6 Å². The fourth-order valence-electron chi connectivity index (χ4n) is 0. The first-order valence-electron chi connectivity index (χ1n) is 1.51. The molecule has 2 nitrogen and oxygen atoms in total. The average molecular weight is 113 g/mol. The van der Waals surface area contributed by atoms with Crippen LogP contribution in [-0.4, -0.2) is 29.8 Å². The van der Waals surface area contributed by atoms with Crippen molar-refractivity contribution in [2.45, 2.75) is 0 Å². The molecule has 0 bridgehead atoms. The van der Waals surface area contributed by atoms with Gasteiger partial charge in [0, 0.05) is 6.38 Å². The standard InChI is InChI=1S/C2H6O2.CH3Cl/c3-1-2-4;1-2/h3-4H,1-2H2;1H3. The molecular formula is C3H9ClO2. The molecule has 0 atom stereocenters. The van der Waals surface area contributed by atoms with E-state index in [1.54, 1.807) is 0 Å². The van der Waals surface area contributed by atoms with Crippen molar-refractivity contribution in [2.24, 2.45) is 0 Å². The molecule has 0 aromatic carbocycles. The van der Waals surface area contributed by atoms with Crippen LogP contribution in [0, 0.1) is 0 Å². The average Bonchev–Trinajstić information content (AvgIpc) is 1.72. The first-order valence-corrected chi connectivity index (χ1v) is 2.27. The Hall–Kier alpha value is 0.210. The highest BCUT2D eigenvalue weighted by atomic mass is 35.5. The number of hydrogen-bond donors (Lipinski definition) is 2. The topological polar surface area (TPSA) is 40.5 Å². The lowest BCUT2D eigenvalue weighted by Crippen LogP contribution is -1.85. The van der Waals surface area contributed by atoms with Crippen LogP contribution in [-0.2, 0) is 0 Å². The van der Waals surface area contributed by atoms with E-state index in [0.717, 1.165) is 0 Å². The Morgan fingerprint density at radius 3 is 1.33 bits per heavy atom. The Morgan fingerprint density at radius 1 is 1.17 bits per heavy atom. The van der Waals surface area contributed by atoms with Gasteiger partial charge in [0.2, 0.25) is 0 Å². The van der Waals surface area contributed by atoms with Gasteiger partial charge in [0.15, 0.2) is 0 Å². The zero-order chi connectivity index (χ0) is 5.41. The summed E-state index contributed by atoms with van der Waals surface area (Å²) in [5.41, 5.74) is 0. The summed E-state index contributed by atoms with van der Waals surface area (Å²) in [7, 11) is 0. The molecule has 6 heavy (non-hydrogen) atoms. The van der Waals surface area contributed by atoms with Gasteiger partial charge in [-0.25, -0.2) is 0 Å². The Bertz CT molecular complexity index is 10.8. The summed E-state index contributed by atoms with van der Waals surface area (Å²) in [6.45, 7) is -0.250. The van der Waals surface area contributed by atoms with Gasteiger partial charge in [-0.05, 0) is 0 Å². The van der Waals surface area contributed by atoms with E-state index >= 15 is 0 Å². The van der Waals surface area contributed by atoms with Gasteiger partial charge in [0.1, 0.15) is 0 Å². The third-order valence-electron chi connectivity index (χ3n) is 0.1000. The molecule has 0 radical (unpaired) electrons. The Labute approximate surface area is 42.4 Å². The van der Waals surface area contributed by atoms with E-state index in [4.69, 9.17) is 10.2 Å². The Morgan fingerprint density at radius 2 is 1.33 bits per heavy atom. The van der Waals surface area contributed by atoms with Crippen LogP contribution in [0.1, 0.15) is 0 Å². The van der Waals surface area contributed by atoms with Crippen molar-refractivity contribution in [3.63, 3.8) is 0 Å². The van der Waals surface area contributed by atoms with Crippen LogP contribution in [0.15, 0.2) is 0 Å². The van der Waals surface area contributed by atoms with Gasteiger partial charge < -0.3 is 10.2 Å². The van der Waals surface area contributed by atoms with Crippen LogP contribution in [0.4, 0.5) is 0 Å². The highest BCUT2D eigenvalue weighted by Crippen LogP contribution is 1.39. The highest BCUT2D eigenvalue weighted by molar-refractivity contribution is 6.15. The largest absolute Gasteiger partial charge is 0.394 e. The smallest absolute Gasteiger partial charge is 0.0662 e. The Kier molecular flexibility index (Phi) is 30.0. The van der Waals surface area contributed by atoms with E-state index in [0.29, 0.717) is 0 Å². The summed E-state index contributed by atoms with van der Waals surface area (Å²) in [4.78, 5) is 0. The zero-order valence-corrected chi connectivity index (χ0v) is 4.44. The zero-order valence-electron chi connectivity index (χ0n) is 3.69. The molecule has 3 heteroatoms. The van der Waals surface area contributed by atoms with Gasteiger partial charge in [0.25, 0.3) is 0 Å². The monoisotopic (exact) mass is 112 g/mol. The molecule has 40 valence electrons. The molecular weight excluding hydrogens is 103 g/mol. The van der Waals surface area contributed by atoms with Gasteiger partial charge in [-0.15, -0.1) is 11.6 Å². The number of hydrogen-bond acceptors (Lipinski definition) is 2. The minimum absolute atomic E-state index is 0.125. The summed E-state index contributed by atoms with van der Waals surface area (Å²) >= 11 is 4.64. The van der Waals surface area contributed by atoms with Crippen molar-refractivity contribution >= 4 is 11.6 Å². The molecule has 0 fully saturated rings. The normalized spacial score (nSPS) is 6.00. The molecule has 0 spiro atoms. The van der Waals surface area contributed by atoms with Crippen molar-refractivity contribution < 1.29 is 10.2 Å². The first kappa shape index (κ1) is 9.51. The van der Waals surface area contributed by atoms with Crippen LogP contribution < -0.4 is 0 Å². The second-order valence-corrected chi connectivity index (χ2v) is 0.447. The lowest BCUT2D eigenvalue weighted by Gasteiger charge is -1.70. The minimum Gasteiger partial charge on any atom is -0.394 e. The first-order chi connectivity index (χ1) is 2.91. The van der Waals surface area contributed by atoms with E-state index < -0.39 is 0 Å². The maximum Gasteiger partial charge on any atom is 0.0662 e. The minimum atomic E-state index is -0.125.